The van der Waals surface area contributed by atoms with Crippen LogP contribution in [0.1, 0.15) is 5.69 Å². The number of β-amino-alcohol motifs (C(OH)–C–C–N with tert-alkyl or cyclic N) is 1. The molecular weight excluding hydrogens is 270 g/mol. The number of rotatable bonds is 3. The normalized spacial score (nSPS) is 27.0. The second-order valence-corrected chi connectivity index (χ2v) is 5.58. The van der Waals surface area contributed by atoms with Crippen LogP contribution in [0.25, 0.3) is 0 Å². The third-order valence-electron chi connectivity index (χ3n) is 4.18. The Morgan fingerprint density at radius 2 is 2.14 bits per heavy atom. The Bertz CT molecular complexity index is 476. The van der Waals surface area contributed by atoms with Crippen molar-refractivity contribution in [1.29, 1.82) is 0 Å². The van der Waals surface area contributed by atoms with Gasteiger partial charge in [0, 0.05) is 38.1 Å². The molecule has 21 heavy (non-hydrogen) atoms. The van der Waals surface area contributed by atoms with Crippen LogP contribution in [-0.4, -0.2) is 77.3 Å². The predicted octanol–water partition coefficient (Wildman–Crippen LogP) is -0.472. The Morgan fingerprint density at radius 1 is 1.33 bits per heavy atom. The lowest BCUT2D eigenvalue weighted by Gasteiger charge is -2.33. The second-order valence-electron chi connectivity index (χ2n) is 5.58. The molecule has 0 saturated carbocycles. The minimum Gasteiger partial charge on any atom is -0.390 e. The smallest absolute Gasteiger partial charge is 0.228 e. The highest BCUT2D eigenvalue weighted by Gasteiger charge is 2.37. The molecule has 2 fully saturated rings. The largest absolute Gasteiger partial charge is 0.390 e. The van der Waals surface area contributed by atoms with Gasteiger partial charge in [-0.1, -0.05) is 6.07 Å². The highest BCUT2D eigenvalue weighted by molar-refractivity contribution is 5.78. The van der Waals surface area contributed by atoms with Crippen LogP contribution in [0.5, 0.6) is 0 Å². The molecule has 6 nitrogen and oxygen atoms in total. The number of aromatic nitrogens is 1. The lowest BCUT2D eigenvalue weighted by molar-refractivity contribution is -0.130. The Kier molecular flexibility index (Phi) is 4.48. The summed E-state index contributed by atoms with van der Waals surface area (Å²) in [6.45, 7) is 4.05. The number of nitrogens with zero attached hydrogens (tertiary/aromatic N) is 3. The maximum absolute atomic E-state index is 12.3. The summed E-state index contributed by atoms with van der Waals surface area (Å²) < 4.78 is 5.34. The molecule has 1 aromatic heterocycles. The summed E-state index contributed by atoms with van der Waals surface area (Å²) >= 11 is 0. The molecule has 2 saturated heterocycles. The molecule has 0 radical (unpaired) electrons. The standard InChI is InChI=1S/C15H21N3O3/c19-14-11-18(10-13(14)17-5-7-21-8-6-17)15(20)9-12-3-1-2-4-16-12/h1-4,13-14,19H,5-11H2/t13-,14-/m1/s1. The van der Waals surface area contributed by atoms with Crippen LogP contribution >= 0.6 is 0 Å². The van der Waals surface area contributed by atoms with E-state index in [-0.39, 0.29) is 11.9 Å². The molecule has 6 heteroatoms. The number of pyridine rings is 1. The molecule has 3 rings (SSSR count). The number of aliphatic hydroxyl groups is 1. The van der Waals surface area contributed by atoms with Crippen LogP contribution in [0.15, 0.2) is 24.4 Å². The van der Waals surface area contributed by atoms with E-state index in [2.05, 4.69) is 9.88 Å². The van der Waals surface area contributed by atoms with Crippen LogP contribution < -0.4 is 0 Å². The summed E-state index contributed by atoms with van der Waals surface area (Å²) in [5.41, 5.74) is 0.770. The van der Waals surface area contributed by atoms with Crippen LogP contribution in [0, 0.1) is 0 Å². The molecule has 0 bridgehead atoms. The summed E-state index contributed by atoms with van der Waals surface area (Å²) in [7, 11) is 0. The highest BCUT2D eigenvalue weighted by Crippen LogP contribution is 2.18. The van der Waals surface area contributed by atoms with E-state index in [1.54, 1.807) is 11.1 Å². The zero-order chi connectivity index (χ0) is 14.7. The number of aliphatic hydroxyl groups excluding tert-OH is 1. The zero-order valence-electron chi connectivity index (χ0n) is 12.0. The summed E-state index contributed by atoms with van der Waals surface area (Å²) in [5.74, 6) is 0.0310. The van der Waals surface area contributed by atoms with E-state index in [0.717, 1.165) is 18.8 Å². The first-order chi connectivity index (χ1) is 10.2. The molecule has 0 unspecified atom stereocenters. The average molecular weight is 291 g/mol. The summed E-state index contributed by atoms with van der Waals surface area (Å²) in [4.78, 5) is 20.5. The first-order valence-electron chi connectivity index (χ1n) is 7.41. The van der Waals surface area contributed by atoms with Gasteiger partial charge in [-0.05, 0) is 12.1 Å². The summed E-state index contributed by atoms with van der Waals surface area (Å²) in [6, 6.07) is 5.60. The van der Waals surface area contributed by atoms with Crippen molar-refractivity contribution in [3.8, 4) is 0 Å². The molecular formula is C15H21N3O3. The van der Waals surface area contributed by atoms with Crippen molar-refractivity contribution in [1.82, 2.24) is 14.8 Å². The Balaban J connectivity index is 1.58. The maximum Gasteiger partial charge on any atom is 0.228 e. The molecule has 0 aromatic carbocycles. The molecule has 2 aliphatic rings. The molecule has 2 aliphatic heterocycles. The fraction of sp³-hybridized carbons (Fsp3) is 0.600. The second kappa shape index (κ2) is 6.51. The fourth-order valence-electron chi connectivity index (χ4n) is 3.01. The van der Waals surface area contributed by atoms with Gasteiger partial charge >= 0.3 is 0 Å². The molecule has 0 aliphatic carbocycles. The van der Waals surface area contributed by atoms with E-state index < -0.39 is 6.10 Å². The van der Waals surface area contributed by atoms with E-state index >= 15 is 0 Å². The third kappa shape index (κ3) is 3.40. The lowest BCUT2D eigenvalue weighted by atomic mass is 10.1. The van der Waals surface area contributed by atoms with Crippen LogP contribution in [0.3, 0.4) is 0 Å². The summed E-state index contributed by atoms with van der Waals surface area (Å²) in [5, 5.41) is 10.2. The zero-order valence-corrected chi connectivity index (χ0v) is 12.0. The number of amides is 1. The first kappa shape index (κ1) is 14.4. The molecule has 0 spiro atoms. The topological polar surface area (TPSA) is 65.9 Å². The number of ether oxygens (including phenoxy) is 1. The number of likely N-dealkylation sites (tertiary alicyclic amines) is 1. The van der Waals surface area contributed by atoms with Crippen molar-refractivity contribution in [3.63, 3.8) is 0 Å². The number of hydrogen-bond donors (Lipinski definition) is 1. The van der Waals surface area contributed by atoms with Gasteiger partial charge in [-0.3, -0.25) is 14.7 Å². The van der Waals surface area contributed by atoms with Crippen LogP contribution in [0.2, 0.25) is 0 Å². The van der Waals surface area contributed by atoms with Crippen molar-refractivity contribution < 1.29 is 14.6 Å². The van der Waals surface area contributed by atoms with Crippen LogP contribution in [-0.2, 0) is 16.0 Å². The molecule has 1 aromatic rings. The van der Waals surface area contributed by atoms with Crippen molar-refractivity contribution in [2.45, 2.75) is 18.6 Å². The van der Waals surface area contributed by atoms with Crippen molar-refractivity contribution in [3.05, 3.63) is 30.1 Å². The summed E-state index contributed by atoms with van der Waals surface area (Å²) in [6.07, 6.45) is 1.51. The number of carbonyl (C=O) groups is 1. The predicted molar refractivity (Wildman–Crippen MR) is 76.7 cm³/mol. The maximum atomic E-state index is 12.3. The van der Waals surface area contributed by atoms with E-state index in [0.29, 0.717) is 32.7 Å². The highest BCUT2D eigenvalue weighted by atomic mass is 16.5. The van der Waals surface area contributed by atoms with E-state index in [1.807, 2.05) is 18.2 Å². The van der Waals surface area contributed by atoms with Crippen LogP contribution in [0.4, 0.5) is 0 Å². The van der Waals surface area contributed by atoms with Crippen molar-refractivity contribution in [2.24, 2.45) is 0 Å². The van der Waals surface area contributed by atoms with Gasteiger partial charge in [0.1, 0.15) is 0 Å². The van der Waals surface area contributed by atoms with E-state index in [4.69, 9.17) is 4.74 Å². The SMILES string of the molecule is O=C(Cc1ccccn1)N1C[C@@H](O)[C@H](N2CCOCC2)C1. The lowest BCUT2D eigenvalue weighted by Crippen LogP contribution is -2.49. The van der Waals surface area contributed by atoms with E-state index in [1.165, 1.54) is 0 Å². The van der Waals surface area contributed by atoms with Gasteiger partial charge in [0.05, 0.1) is 31.8 Å². The first-order valence-corrected chi connectivity index (χ1v) is 7.41. The molecule has 2 atom stereocenters. The minimum absolute atomic E-state index is 0.0292. The minimum atomic E-state index is -0.476. The number of morpholine rings is 1. The van der Waals surface area contributed by atoms with Crippen molar-refractivity contribution >= 4 is 5.91 Å². The third-order valence-corrected chi connectivity index (χ3v) is 4.18. The fourth-order valence-corrected chi connectivity index (χ4v) is 3.01. The van der Waals surface area contributed by atoms with Gasteiger partial charge in [0.15, 0.2) is 0 Å². The molecule has 3 heterocycles. The number of hydrogen-bond acceptors (Lipinski definition) is 5. The van der Waals surface area contributed by atoms with Crippen molar-refractivity contribution in [2.75, 3.05) is 39.4 Å². The monoisotopic (exact) mass is 291 g/mol. The van der Waals surface area contributed by atoms with Gasteiger partial charge < -0.3 is 14.7 Å². The van der Waals surface area contributed by atoms with Gasteiger partial charge in [0.2, 0.25) is 5.91 Å². The Labute approximate surface area is 124 Å². The van der Waals surface area contributed by atoms with Gasteiger partial charge in [0.25, 0.3) is 0 Å². The van der Waals surface area contributed by atoms with Gasteiger partial charge in [-0.25, -0.2) is 0 Å². The molecule has 114 valence electrons. The Morgan fingerprint density at radius 3 is 2.86 bits per heavy atom. The quantitative estimate of drug-likeness (QED) is 0.815. The molecule has 1 N–H and O–H groups in total. The number of carbonyl (C=O) groups excluding carboxylic acids is 1. The Hall–Kier alpha value is -1.50. The average Bonchev–Trinajstić information content (AvgIpc) is 2.91. The van der Waals surface area contributed by atoms with Gasteiger partial charge in [-0.2, -0.15) is 0 Å². The van der Waals surface area contributed by atoms with Gasteiger partial charge in [-0.15, -0.1) is 0 Å². The molecule has 1 amide bonds. The van der Waals surface area contributed by atoms with E-state index in [9.17, 15) is 9.90 Å².